The SMILES string of the molecule is COc1cc(CCc2cc(O)c(OC)c(OCCOCCOCCOCCOCCOCCO)c2)cc(OC)c1. The molecule has 0 spiro atoms. The summed E-state index contributed by atoms with van der Waals surface area (Å²) in [4.78, 5) is 0. The monoisotopic (exact) mass is 568 g/mol. The van der Waals surface area contributed by atoms with Gasteiger partial charge in [0.1, 0.15) is 18.1 Å². The number of rotatable bonds is 24. The Bertz CT molecular complexity index is 916. The van der Waals surface area contributed by atoms with E-state index in [2.05, 4.69) is 0 Å². The molecule has 0 heterocycles. The van der Waals surface area contributed by atoms with Crippen LogP contribution in [-0.4, -0.2) is 111 Å². The molecule has 226 valence electrons. The molecular formula is C29H44O11. The molecule has 0 unspecified atom stereocenters. The minimum Gasteiger partial charge on any atom is -0.504 e. The Hall–Kier alpha value is -2.80. The predicted molar refractivity (Wildman–Crippen MR) is 148 cm³/mol. The van der Waals surface area contributed by atoms with Crippen molar-refractivity contribution in [2.24, 2.45) is 0 Å². The summed E-state index contributed by atoms with van der Waals surface area (Å²) >= 11 is 0. The van der Waals surface area contributed by atoms with E-state index in [4.69, 9.17) is 47.7 Å². The molecule has 0 fully saturated rings. The molecule has 2 rings (SSSR count). The summed E-state index contributed by atoms with van der Waals surface area (Å²) in [6.45, 7) is 4.68. The highest BCUT2D eigenvalue weighted by Gasteiger charge is 2.13. The van der Waals surface area contributed by atoms with Crippen LogP contribution in [0.4, 0.5) is 0 Å². The van der Waals surface area contributed by atoms with Gasteiger partial charge in [-0.2, -0.15) is 0 Å². The summed E-state index contributed by atoms with van der Waals surface area (Å²) < 4.78 is 48.8. The molecule has 2 N–H and O–H groups in total. The van der Waals surface area contributed by atoms with Crippen LogP contribution in [0.3, 0.4) is 0 Å². The predicted octanol–water partition coefficient (Wildman–Crippen LogP) is 2.66. The second-order valence-electron chi connectivity index (χ2n) is 8.50. The molecule has 11 nitrogen and oxygen atoms in total. The lowest BCUT2D eigenvalue weighted by Gasteiger charge is -2.15. The van der Waals surface area contributed by atoms with Gasteiger partial charge in [-0.3, -0.25) is 0 Å². The molecule has 0 radical (unpaired) electrons. The molecule has 40 heavy (non-hydrogen) atoms. The zero-order valence-corrected chi connectivity index (χ0v) is 23.9. The van der Waals surface area contributed by atoms with Gasteiger partial charge in [0.25, 0.3) is 0 Å². The Morgan fingerprint density at radius 2 is 0.975 bits per heavy atom. The lowest BCUT2D eigenvalue weighted by atomic mass is 10.0. The van der Waals surface area contributed by atoms with Crippen LogP contribution in [0.1, 0.15) is 11.1 Å². The first-order valence-corrected chi connectivity index (χ1v) is 13.4. The van der Waals surface area contributed by atoms with Crippen molar-refractivity contribution >= 4 is 0 Å². The standard InChI is InChI=1S/C29H44O11/c1-32-25-18-23(19-26(22-25)33-2)4-5-24-20-27(31)29(34-3)28(21-24)40-17-16-39-15-14-38-13-12-37-11-10-36-9-8-35-7-6-30/h18-22,30-31H,4-17H2,1-3H3. The molecule has 0 bridgehead atoms. The van der Waals surface area contributed by atoms with Gasteiger partial charge < -0.3 is 52.8 Å². The van der Waals surface area contributed by atoms with Gasteiger partial charge in [-0.05, 0) is 48.2 Å². The molecule has 0 atom stereocenters. The van der Waals surface area contributed by atoms with Crippen LogP contribution < -0.4 is 18.9 Å². The highest BCUT2D eigenvalue weighted by Crippen LogP contribution is 2.38. The number of phenolic OH excluding ortho intramolecular Hbond substituents is 1. The van der Waals surface area contributed by atoms with E-state index in [1.54, 1.807) is 20.3 Å². The van der Waals surface area contributed by atoms with Gasteiger partial charge in [0, 0.05) is 6.07 Å². The summed E-state index contributed by atoms with van der Waals surface area (Å²) in [5, 5.41) is 19.1. The first-order chi connectivity index (χ1) is 19.6. The number of aliphatic hydroxyl groups excluding tert-OH is 1. The lowest BCUT2D eigenvalue weighted by Crippen LogP contribution is -2.14. The van der Waals surface area contributed by atoms with Crippen molar-refractivity contribution in [3.05, 3.63) is 41.5 Å². The second-order valence-corrected chi connectivity index (χ2v) is 8.50. The number of benzene rings is 2. The summed E-state index contributed by atoms with van der Waals surface area (Å²) in [6.07, 6.45) is 1.40. The van der Waals surface area contributed by atoms with E-state index in [9.17, 15) is 5.11 Å². The van der Waals surface area contributed by atoms with Gasteiger partial charge in [0.15, 0.2) is 11.5 Å². The molecule has 0 saturated heterocycles. The molecule has 0 aliphatic carbocycles. The van der Waals surface area contributed by atoms with Gasteiger partial charge in [-0.25, -0.2) is 0 Å². The van der Waals surface area contributed by atoms with E-state index in [0.717, 1.165) is 29.0 Å². The second kappa shape index (κ2) is 21.0. The molecule has 0 aliphatic rings. The minimum absolute atomic E-state index is 0.0150. The number of aryl methyl sites for hydroxylation is 2. The quantitative estimate of drug-likeness (QED) is 0.182. The van der Waals surface area contributed by atoms with Gasteiger partial charge >= 0.3 is 0 Å². The first-order valence-electron chi connectivity index (χ1n) is 13.4. The van der Waals surface area contributed by atoms with Crippen molar-refractivity contribution in [2.75, 3.05) is 101 Å². The summed E-state index contributed by atoms with van der Waals surface area (Å²) in [6, 6.07) is 9.32. The third-order valence-electron chi connectivity index (χ3n) is 5.62. The molecule has 2 aromatic rings. The largest absolute Gasteiger partial charge is 0.504 e. The van der Waals surface area contributed by atoms with Crippen molar-refractivity contribution in [3.8, 4) is 28.7 Å². The lowest BCUT2D eigenvalue weighted by molar-refractivity contribution is -0.0147. The van der Waals surface area contributed by atoms with E-state index in [0.29, 0.717) is 84.8 Å². The van der Waals surface area contributed by atoms with Crippen molar-refractivity contribution in [2.45, 2.75) is 12.8 Å². The third kappa shape index (κ3) is 13.5. The summed E-state index contributed by atoms with van der Waals surface area (Å²) in [7, 11) is 4.74. The highest BCUT2D eigenvalue weighted by molar-refractivity contribution is 5.53. The Morgan fingerprint density at radius 3 is 1.43 bits per heavy atom. The average molecular weight is 569 g/mol. The molecule has 0 amide bonds. The fourth-order valence-electron chi connectivity index (χ4n) is 3.66. The topological polar surface area (TPSA) is 124 Å². The normalized spacial score (nSPS) is 11.0. The van der Waals surface area contributed by atoms with E-state index in [-0.39, 0.29) is 18.1 Å². The number of hydrogen-bond acceptors (Lipinski definition) is 11. The maximum atomic E-state index is 10.5. The number of aliphatic hydroxyl groups is 1. The Kier molecular flexibility index (Phi) is 17.6. The maximum Gasteiger partial charge on any atom is 0.203 e. The van der Waals surface area contributed by atoms with Gasteiger partial charge in [-0.15, -0.1) is 0 Å². The Morgan fingerprint density at radius 1 is 0.525 bits per heavy atom. The number of hydrogen-bond donors (Lipinski definition) is 2. The van der Waals surface area contributed by atoms with Crippen LogP contribution in [0.2, 0.25) is 0 Å². The summed E-state index contributed by atoms with van der Waals surface area (Å²) in [5.41, 5.74) is 1.97. The summed E-state index contributed by atoms with van der Waals surface area (Å²) in [5.74, 6) is 2.23. The zero-order chi connectivity index (χ0) is 28.8. The van der Waals surface area contributed by atoms with Crippen LogP contribution in [0.15, 0.2) is 30.3 Å². The number of phenols is 1. The molecule has 11 heteroatoms. The number of aromatic hydroxyl groups is 1. The number of ether oxygens (including phenoxy) is 9. The van der Waals surface area contributed by atoms with Crippen LogP contribution in [0, 0.1) is 0 Å². The van der Waals surface area contributed by atoms with Crippen molar-refractivity contribution in [1.29, 1.82) is 0 Å². The minimum atomic E-state index is 0.0150. The first kappa shape index (κ1) is 33.4. The molecule has 0 aromatic heterocycles. The fraction of sp³-hybridized carbons (Fsp3) is 0.586. The third-order valence-corrected chi connectivity index (χ3v) is 5.62. The molecule has 2 aromatic carbocycles. The van der Waals surface area contributed by atoms with Crippen molar-refractivity contribution in [1.82, 2.24) is 0 Å². The van der Waals surface area contributed by atoms with E-state index in [1.165, 1.54) is 7.11 Å². The Labute approximate surface area is 236 Å². The zero-order valence-electron chi connectivity index (χ0n) is 23.9. The van der Waals surface area contributed by atoms with E-state index >= 15 is 0 Å². The smallest absolute Gasteiger partial charge is 0.203 e. The Balaban J connectivity index is 1.61. The molecule has 0 aliphatic heterocycles. The molecular weight excluding hydrogens is 524 g/mol. The maximum absolute atomic E-state index is 10.5. The number of methoxy groups -OCH3 is 3. The van der Waals surface area contributed by atoms with E-state index < -0.39 is 0 Å². The van der Waals surface area contributed by atoms with Crippen LogP contribution in [0.5, 0.6) is 28.7 Å². The average Bonchev–Trinajstić information content (AvgIpc) is 2.97. The van der Waals surface area contributed by atoms with Crippen LogP contribution >= 0.6 is 0 Å². The molecule has 0 saturated carbocycles. The van der Waals surface area contributed by atoms with Gasteiger partial charge in [0.05, 0.1) is 94.0 Å². The van der Waals surface area contributed by atoms with Crippen molar-refractivity contribution < 1.29 is 52.8 Å². The van der Waals surface area contributed by atoms with Crippen LogP contribution in [0.25, 0.3) is 0 Å². The fourth-order valence-corrected chi connectivity index (χ4v) is 3.66. The van der Waals surface area contributed by atoms with Gasteiger partial charge in [0.2, 0.25) is 5.75 Å². The highest BCUT2D eigenvalue weighted by atomic mass is 16.6. The van der Waals surface area contributed by atoms with E-state index in [1.807, 2.05) is 24.3 Å². The van der Waals surface area contributed by atoms with Gasteiger partial charge in [-0.1, -0.05) is 0 Å². The van der Waals surface area contributed by atoms with Crippen LogP contribution in [-0.2, 0) is 36.5 Å². The van der Waals surface area contributed by atoms with Crippen molar-refractivity contribution in [3.63, 3.8) is 0 Å².